The molecule has 2 aromatic carbocycles. The number of hydrazine groups is 1. The standard InChI is InChI=1S/C26H33N5O2/c1-18-23(19(2)28-27-18)15-16-31(3)26(32)14-13-24-29-30-25(33-24)17-20-9-11-22(12-10-20)21-7-5-4-6-8-21/h4-12,18-19,23,27-28H,13-17H2,1-3H3. The van der Waals surface area contributed by atoms with Gasteiger partial charge in [0.05, 0.1) is 6.42 Å². The lowest BCUT2D eigenvalue weighted by molar-refractivity contribution is -0.130. The lowest BCUT2D eigenvalue weighted by Gasteiger charge is -2.22. The Labute approximate surface area is 195 Å². The molecular weight excluding hydrogens is 414 g/mol. The molecule has 0 aliphatic carbocycles. The number of rotatable bonds is 9. The van der Waals surface area contributed by atoms with Crippen LogP contribution in [0.4, 0.5) is 0 Å². The smallest absolute Gasteiger partial charge is 0.222 e. The number of carbonyl (C=O) groups excluding carboxylic acids is 1. The summed E-state index contributed by atoms with van der Waals surface area (Å²) >= 11 is 0. The zero-order valence-corrected chi connectivity index (χ0v) is 19.6. The van der Waals surface area contributed by atoms with E-state index in [-0.39, 0.29) is 5.91 Å². The highest BCUT2D eigenvalue weighted by atomic mass is 16.4. The molecule has 2 atom stereocenters. The molecule has 0 spiro atoms. The van der Waals surface area contributed by atoms with E-state index in [2.05, 4.69) is 71.3 Å². The molecule has 7 heteroatoms. The number of hydrogen-bond acceptors (Lipinski definition) is 6. The highest BCUT2D eigenvalue weighted by molar-refractivity contribution is 5.76. The van der Waals surface area contributed by atoms with E-state index < -0.39 is 0 Å². The molecular formula is C26H33N5O2. The summed E-state index contributed by atoms with van der Waals surface area (Å²) in [5, 5.41) is 8.30. The van der Waals surface area contributed by atoms with Gasteiger partial charge in [0.1, 0.15) is 0 Å². The lowest BCUT2D eigenvalue weighted by Crippen LogP contribution is -2.32. The molecule has 1 aliphatic heterocycles. The van der Waals surface area contributed by atoms with Crippen molar-refractivity contribution in [1.82, 2.24) is 25.9 Å². The van der Waals surface area contributed by atoms with Gasteiger partial charge in [-0.2, -0.15) is 0 Å². The second kappa shape index (κ2) is 10.7. The van der Waals surface area contributed by atoms with Crippen LogP contribution < -0.4 is 10.9 Å². The van der Waals surface area contributed by atoms with Crippen LogP contribution in [-0.2, 0) is 17.6 Å². The van der Waals surface area contributed by atoms with Crippen molar-refractivity contribution in [2.45, 2.75) is 51.6 Å². The third-order valence-corrected chi connectivity index (χ3v) is 6.52. The first-order valence-electron chi connectivity index (χ1n) is 11.7. The van der Waals surface area contributed by atoms with Gasteiger partial charge in [-0.1, -0.05) is 54.6 Å². The average Bonchev–Trinajstić information content (AvgIpc) is 3.42. The van der Waals surface area contributed by atoms with Crippen LogP contribution in [-0.4, -0.2) is 46.7 Å². The van der Waals surface area contributed by atoms with Gasteiger partial charge in [-0.3, -0.25) is 15.6 Å². The lowest BCUT2D eigenvalue weighted by atomic mass is 9.93. The first kappa shape index (κ1) is 23.1. The van der Waals surface area contributed by atoms with E-state index in [9.17, 15) is 4.79 Å². The molecule has 4 rings (SSSR count). The van der Waals surface area contributed by atoms with Gasteiger partial charge in [-0.25, -0.2) is 0 Å². The van der Waals surface area contributed by atoms with E-state index in [0.29, 0.717) is 49.0 Å². The zero-order chi connectivity index (χ0) is 23.2. The number of nitrogens with zero attached hydrogens (tertiary/aromatic N) is 3. The minimum Gasteiger partial charge on any atom is -0.425 e. The SMILES string of the molecule is CC1NNC(C)C1CCN(C)C(=O)CCc1nnc(Cc2ccc(-c3ccccc3)cc2)o1. The molecule has 1 aromatic heterocycles. The van der Waals surface area contributed by atoms with Crippen molar-refractivity contribution in [3.8, 4) is 11.1 Å². The Morgan fingerprint density at radius 1 is 0.939 bits per heavy atom. The maximum absolute atomic E-state index is 12.5. The van der Waals surface area contributed by atoms with Crippen LogP contribution in [0, 0.1) is 5.92 Å². The number of benzene rings is 2. The van der Waals surface area contributed by atoms with Crippen LogP contribution in [0.5, 0.6) is 0 Å². The number of aryl methyl sites for hydroxylation is 1. The molecule has 174 valence electrons. The largest absolute Gasteiger partial charge is 0.425 e. The van der Waals surface area contributed by atoms with Crippen LogP contribution >= 0.6 is 0 Å². The molecule has 0 radical (unpaired) electrons. The topological polar surface area (TPSA) is 83.3 Å². The predicted octanol–water partition coefficient (Wildman–Crippen LogP) is 3.61. The molecule has 2 unspecified atom stereocenters. The quantitative estimate of drug-likeness (QED) is 0.521. The van der Waals surface area contributed by atoms with Crippen molar-refractivity contribution in [3.05, 3.63) is 71.9 Å². The molecule has 33 heavy (non-hydrogen) atoms. The molecule has 3 aromatic rings. The summed E-state index contributed by atoms with van der Waals surface area (Å²) in [6.07, 6.45) is 2.38. The van der Waals surface area contributed by atoms with Gasteiger partial charge in [0, 0.05) is 38.5 Å². The number of carbonyl (C=O) groups is 1. The fourth-order valence-electron chi connectivity index (χ4n) is 4.36. The average molecular weight is 448 g/mol. The molecule has 1 fully saturated rings. The Balaban J connectivity index is 1.23. The van der Waals surface area contributed by atoms with Crippen LogP contribution in [0.25, 0.3) is 11.1 Å². The fraction of sp³-hybridized carbons (Fsp3) is 0.423. The number of amides is 1. The van der Waals surface area contributed by atoms with Gasteiger partial charge in [-0.05, 0) is 42.9 Å². The molecule has 2 heterocycles. The van der Waals surface area contributed by atoms with E-state index in [4.69, 9.17) is 4.42 Å². The van der Waals surface area contributed by atoms with Gasteiger partial charge in [0.15, 0.2) is 0 Å². The monoisotopic (exact) mass is 447 g/mol. The Morgan fingerprint density at radius 2 is 1.58 bits per heavy atom. The first-order chi connectivity index (χ1) is 16.0. The van der Waals surface area contributed by atoms with Gasteiger partial charge in [0.25, 0.3) is 0 Å². The second-order valence-corrected chi connectivity index (χ2v) is 8.96. The van der Waals surface area contributed by atoms with Crippen molar-refractivity contribution >= 4 is 5.91 Å². The maximum atomic E-state index is 12.5. The van der Waals surface area contributed by atoms with Crippen LogP contribution in [0.2, 0.25) is 0 Å². The summed E-state index contributed by atoms with van der Waals surface area (Å²) < 4.78 is 5.79. The molecule has 0 bridgehead atoms. The van der Waals surface area contributed by atoms with Crippen LogP contribution in [0.1, 0.15) is 44.0 Å². The predicted molar refractivity (Wildman–Crippen MR) is 128 cm³/mol. The van der Waals surface area contributed by atoms with Crippen molar-refractivity contribution in [1.29, 1.82) is 0 Å². The Kier molecular flexibility index (Phi) is 7.52. The van der Waals surface area contributed by atoms with E-state index >= 15 is 0 Å². The summed E-state index contributed by atoms with van der Waals surface area (Å²) in [4.78, 5) is 14.3. The van der Waals surface area contributed by atoms with Crippen molar-refractivity contribution < 1.29 is 9.21 Å². The highest BCUT2D eigenvalue weighted by Gasteiger charge is 2.29. The van der Waals surface area contributed by atoms with Crippen LogP contribution in [0.15, 0.2) is 59.0 Å². The van der Waals surface area contributed by atoms with Crippen LogP contribution in [0.3, 0.4) is 0 Å². The minimum atomic E-state index is 0.102. The van der Waals surface area contributed by atoms with E-state index in [1.165, 1.54) is 11.1 Å². The third kappa shape index (κ3) is 6.06. The molecule has 0 saturated carbocycles. The molecule has 7 nitrogen and oxygen atoms in total. The van der Waals surface area contributed by atoms with E-state index in [1.807, 2.05) is 30.1 Å². The fourth-order valence-corrected chi connectivity index (χ4v) is 4.36. The second-order valence-electron chi connectivity index (χ2n) is 8.96. The van der Waals surface area contributed by atoms with Gasteiger partial charge in [-0.15, -0.1) is 10.2 Å². The van der Waals surface area contributed by atoms with Crippen molar-refractivity contribution in [2.24, 2.45) is 5.92 Å². The van der Waals surface area contributed by atoms with Gasteiger partial charge >= 0.3 is 0 Å². The third-order valence-electron chi connectivity index (χ3n) is 6.52. The van der Waals surface area contributed by atoms with Gasteiger partial charge < -0.3 is 9.32 Å². The highest BCUT2D eigenvalue weighted by Crippen LogP contribution is 2.21. The Morgan fingerprint density at radius 3 is 2.27 bits per heavy atom. The van der Waals surface area contributed by atoms with Crippen molar-refractivity contribution in [3.63, 3.8) is 0 Å². The number of nitrogens with one attached hydrogen (secondary N) is 2. The first-order valence-corrected chi connectivity index (χ1v) is 11.7. The van der Waals surface area contributed by atoms with Gasteiger partial charge in [0.2, 0.25) is 17.7 Å². The summed E-state index contributed by atoms with van der Waals surface area (Å²) in [7, 11) is 1.87. The summed E-state index contributed by atoms with van der Waals surface area (Å²) in [5.74, 6) is 1.70. The minimum absolute atomic E-state index is 0.102. The maximum Gasteiger partial charge on any atom is 0.222 e. The molecule has 1 saturated heterocycles. The summed E-state index contributed by atoms with van der Waals surface area (Å²) in [6.45, 7) is 5.09. The Bertz CT molecular complexity index is 1020. The zero-order valence-electron chi connectivity index (χ0n) is 19.6. The number of hydrogen-bond donors (Lipinski definition) is 2. The van der Waals surface area contributed by atoms with E-state index in [0.717, 1.165) is 18.5 Å². The number of aromatic nitrogens is 2. The summed E-state index contributed by atoms with van der Waals surface area (Å²) in [6, 6.07) is 19.5. The Hall–Kier alpha value is -3.03. The molecule has 1 aliphatic rings. The summed E-state index contributed by atoms with van der Waals surface area (Å²) in [5.41, 5.74) is 10.0. The normalized spacial score (nSPS) is 20.2. The van der Waals surface area contributed by atoms with E-state index in [1.54, 1.807) is 0 Å². The van der Waals surface area contributed by atoms with Crippen molar-refractivity contribution in [2.75, 3.05) is 13.6 Å². The molecule has 1 amide bonds. The molecule has 2 N–H and O–H groups in total.